The SMILES string of the molecule is Cc1cc(C)c(-c2csc(-c3cnccn3)n2)cc1C. The van der Waals surface area contributed by atoms with Gasteiger partial charge in [-0.05, 0) is 43.5 Å². The third kappa shape index (κ3) is 2.34. The van der Waals surface area contributed by atoms with Crippen LogP contribution in [-0.2, 0) is 0 Å². The first-order chi connectivity index (χ1) is 9.65. The van der Waals surface area contributed by atoms with Crippen molar-refractivity contribution in [1.29, 1.82) is 0 Å². The van der Waals surface area contributed by atoms with Gasteiger partial charge < -0.3 is 0 Å². The summed E-state index contributed by atoms with van der Waals surface area (Å²) in [5, 5.41) is 2.99. The number of nitrogens with zero attached hydrogens (tertiary/aromatic N) is 3. The number of benzene rings is 1. The maximum atomic E-state index is 4.70. The fourth-order valence-electron chi connectivity index (χ4n) is 2.16. The predicted molar refractivity (Wildman–Crippen MR) is 82.8 cm³/mol. The highest BCUT2D eigenvalue weighted by molar-refractivity contribution is 7.13. The molecule has 3 aromatic rings. The Kier molecular flexibility index (Phi) is 3.32. The van der Waals surface area contributed by atoms with Crippen LogP contribution in [0.4, 0.5) is 0 Å². The van der Waals surface area contributed by atoms with E-state index in [0.29, 0.717) is 0 Å². The molecule has 0 amide bonds. The summed E-state index contributed by atoms with van der Waals surface area (Å²) in [5.74, 6) is 0. The van der Waals surface area contributed by atoms with Crippen molar-refractivity contribution in [3.8, 4) is 22.0 Å². The van der Waals surface area contributed by atoms with Crippen LogP contribution in [0.5, 0.6) is 0 Å². The molecule has 0 radical (unpaired) electrons. The second kappa shape index (κ2) is 5.13. The number of hydrogen-bond acceptors (Lipinski definition) is 4. The average molecular weight is 281 g/mol. The van der Waals surface area contributed by atoms with Gasteiger partial charge in [0.15, 0.2) is 0 Å². The zero-order valence-corrected chi connectivity index (χ0v) is 12.5. The lowest BCUT2D eigenvalue weighted by atomic mass is 9.99. The minimum atomic E-state index is 0.824. The molecule has 2 heterocycles. The normalized spacial score (nSPS) is 10.8. The van der Waals surface area contributed by atoms with E-state index in [1.165, 1.54) is 22.3 Å². The van der Waals surface area contributed by atoms with Crippen LogP contribution in [0.15, 0.2) is 36.1 Å². The zero-order chi connectivity index (χ0) is 14.1. The molecule has 0 aliphatic heterocycles. The summed E-state index contributed by atoms with van der Waals surface area (Å²) >= 11 is 1.60. The lowest BCUT2D eigenvalue weighted by molar-refractivity contribution is 1.19. The van der Waals surface area contributed by atoms with Crippen LogP contribution in [0.3, 0.4) is 0 Å². The zero-order valence-electron chi connectivity index (χ0n) is 11.7. The molecule has 3 nitrogen and oxygen atoms in total. The molecule has 1 aromatic carbocycles. The molecule has 0 N–H and O–H groups in total. The van der Waals surface area contributed by atoms with Crippen molar-refractivity contribution in [3.05, 3.63) is 52.8 Å². The van der Waals surface area contributed by atoms with Crippen molar-refractivity contribution in [3.63, 3.8) is 0 Å². The first-order valence-corrected chi connectivity index (χ1v) is 7.33. The van der Waals surface area contributed by atoms with Gasteiger partial charge in [0, 0.05) is 23.3 Å². The summed E-state index contributed by atoms with van der Waals surface area (Å²) in [5.41, 5.74) is 6.89. The molecule has 100 valence electrons. The van der Waals surface area contributed by atoms with Crippen molar-refractivity contribution < 1.29 is 0 Å². The smallest absolute Gasteiger partial charge is 0.144 e. The quantitative estimate of drug-likeness (QED) is 0.707. The second-order valence-electron chi connectivity index (χ2n) is 4.88. The molecule has 0 unspecified atom stereocenters. The molecule has 3 rings (SSSR count). The summed E-state index contributed by atoms with van der Waals surface area (Å²) < 4.78 is 0. The molecule has 0 bridgehead atoms. The van der Waals surface area contributed by atoms with Crippen LogP contribution in [0.1, 0.15) is 16.7 Å². The van der Waals surface area contributed by atoms with Gasteiger partial charge in [0.25, 0.3) is 0 Å². The van der Waals surface area contributed by atoms with Crippen LogP contribution in [0.2, 0.25) is 0 Å². The summed E-state index contributed by atoms with van der Waals surface area (Å²) in [4.78, 5) is 13.1. The van der Waals surface area contributed by atoms with Gasteiger partial charge in [0.1, 0.15) is 10.7 Å². The molecular weight excluding hydrogens is 266 g/mol. The van der Waals surface area contributed by atoms with Gasteiger partial charge in [-0.15, -0.1) is 11.3 Å². The number of rotatable bonds is 2. The molecule has 2 aromatic heterocycles. The maximum absolute atomic E-state index is 4.70. The Balaban J connectivity index is 2.05. The Bertz CT molecular complexity index is 748. The van der Waals surface area contributed by atoms with E-state index in [4.69, 9.17) is 4.98 Å². The van der Waals surface area contributed by atoms with Crippen LogP contribution < -0.4 is 0 Å². The number of aromatic nitrogens is 3. The van der Waals surface area contributed by atoms with Crippen molar-refractivity contribution in [1.82, 2.24) is 15.0 Å². The van der Waals surface area contributed by atoms with Gasteiger partial charge >= 0.3 is 0 Å². The third-order valence-corrected chi connectivity index (χ3v) is 4.27. The molecular formula is C16H15N3S. The molecule has 0 fully saturated rings. The summed E-state index contributed by atoms with van der Waals surface area (Å²) in [6, 6.07) is 4.42. The molecule has 0 aliphatic carbocycles. The molecule has 0 saturated carbocycles. The van der Waals surface area contributed by atoms with Crippen molar-refractivity contribution in [2.75, 3.05) is 0 Å². The fraction of sp³-hybridized carbons (Fsp3) is 0.188. The Morgan fingerprint density at radius 3 is 2.45 bits per heavy atom. The van der Waals surface area contributed by atoms with Gasteiger partial charge in [0.2, 0.25) is 0 Å². The molecule has 0 atom stereocenters. The van der Waals surface area contributed by atoms with Crippen LogP contribution in [0, 0.1) is 20.8 Å². The van der Waals surface area contributed by atoms with Gasteiger partial charge in [-0.1, -0.05) is 6.07 Å². The highest BCUT2D eigenvalue weighted by atomic mass is 32.1. The van der Waals surface area contributed by atoms with Gasteiger partial charge in [0.05, 0.1) is 11.9 Å². The van der Waals surface area contributed by atoms with Crippen molar-refractivity contribution in [2.45, 2.75) is 20.8 Å². The average Bonchev–Trinajstić information content (AvgIpc) is 2.93. The highest BCUT2D eigenvalue weighted by Gasteiger charge is 2.10. The lowest BCUT2D eigenvalue weighted by Crippen LogP contribution is -1.89. The molecule has 4 heteroatoms. The maximum Gasteiger partial charge on any atom is 0.144 e. The first-order valence-electron chi connectivity index (χ1n) is 6.45. The number of thiazole rings is 1. The Morgan fingerprint density at radius 1 is 0.900 bits per heavy atom. The summed E-state index contributed by atoms with van der Waals surface area (Å²) in [7, 11) is 0. The van der Waals surface area contributed by atoms with E-state index in [9.17, 15) is 0 Å². The highest BCUT2D eigenvalue weighted by Crippen LogP contribution is 2.30. The van der Waals surface area contributed by atoms with E-state index in [1.807, 2.05) is 0 Å². The third-order valence-electron chi connectivity index (χ3n) is 3.40. The number of hydrogen-bond donors (Lipinski definition) is 0. The Labute approximate surface area is 122 Å². The van der Waals surface area contributed by atoms with E-state index in [-0.39, 0.29) is 0 Å². The molecule has 0 aliphatic rings. The van der Waals surface area contributed by atoms with Crippen LogP contribution >= 0.6 is 11.3 Å². The minimum absolute atomic E-state index is 0.824. The molecule has 0 saturated heterocycles. The Hall–Kier alpha value is -2.07. The van der Waals surface area contributed by atoms with E-state index in [2.05, 4.69) is 48.3 Å². The number of aryl methyl sites for hydroxylation is 3. The Morgan fingerprint density at radius 2 is 1.70 bits per heavy atom. The van der Waals surface area contributed by atoms with E-state index < -0.39 is 0 Å². The van der Waals surface area contributed by atoms with E-state index in [1.54, 1.807) is 29.9 Å². The van der Waals surface area contributed by atoms with Gasteiger partial charge in [-0.2, -0.15) is 0 Å². The lowest BCUT2D eigenvalue weighted by Gasteiger charge is -2.07. The second-order valence-corrected chi connectivity index (χ2v) is 5.74. The molecule has 20 heavy (non-hydrogen) atoms. The van der Waals surface area contributed by atoms with Gasteiger partial charge in [-0.3, -0.25) is 9.97 Å². The standard InChI is InChI=1S/C16H15N3S/c1-10-6-12(3)13(7-11(10)2)15-9-20-16(19-15)14-8-17-4-5-18-14/h4-9H,1-3H3. The van der Waals surface area contributed by atoms with Gasteiger partial charge in [-0.25, -0.2) is 4.98 Å². The van der Waals surface area contributed by atoms with E-state index >= 15 is 0 Å². The summed E-state index contributed by atoms with van der Waals surface area (Å²) in [6.45, 7) is 6.40. The monoisotopic (exact) mass is 281 g/mol. The fourth-order valence-corrected chi connectivity index (χ4v) is 2.94. The first kappa shape index (κ1) is 12.9. The largest absolute Gasteiger partial charge is 0.261 e. The predicted octanol–water partition coefficient (Wildman–Crippen LogP) is 4.19. The van der Waals surface area contributed by atoms with Crippen LogP contribution in [-0.4, -0.2) is 15.0 Å². The van der Waals surface area contributed by atoms with Crippen LogP contribution in [0.25, 0.3) is 22.0 Å². The minimum Gasteiger partial charge on any atom is -0.261 e. The summed E-state index contributed by atoms with van der Waals surface area (Å²) in [6.07, 6.45) is 5.11. The van der Waals surface area contributed by atoms with E-state index in [0.717, 1.165) is 16.4 Å². The topological polar surface area (TPSA) is 38.7 Å². The van der Waals surface area contributed by atoms with Crippen molar-refractivity contribution >= 4 is 11.3 Å². The van der Waals surface area contributed by atoms with Crippen molar-refractivity contribution in [2.24, 2.45) is 0 Å². The molecule has 0 spiro atoms.